The van der Waals surface area contributed by atoms with Crippen molar-refractivity contribution >= 4 is 35.4 Å². The normalized spacial score (nSPS) is 15.5. The van der Waals surface area contributed by atoms with E-state index in [1.54, 1.807) is 6.07 Å². The van der Waals surface area contributed by atoms with Crippen molar-refractivity contribution in [1.29, 1.82) is 0 Å². The Kier molecular flexibility index (Phi) is 6.40. The van der Waals surface area contributed by atoms with Gasteiger partial charge in [0, 0.05) is 18.3 Å². The Morgan fingerprint density at radius 1 is 1.35 bits per heavy atom. The minimum atomic E-state index is -1.04. The summed E-state index contributed by atoms with van der Waals surface area (Å²) < 4.78 is 0. The molecule has 0 unspecified atom stereocenters. The molecule has 124 valence electrons. The molecule has 1 aromatic rings. The molecule has 1 fully saturated rings. The van der Waals surface area contributed by atoms with Crippen LogP contribution in [-0.2, 0) is 9.59 Å². The number of carboxylic acids is 1. The molecule has 23 heavy (non-hydrogen) atoms. The zero-order valence-corrected chi connectivity index (χ0v) is 13.5. The third-order valence-electron chi connectivity index (χ3n) is 3.67. The highest BCUT2D eigenvalue weighted by Gasteiger charge is 2.15. The maximum Gasteiger partial charge on any atom is 0.328 e. The molecule has 0 bridgehead atoms. The second kappa shape index (κ2) is 8.53. The lowest BCUT2D eigenvalue weighted by molar-refractivity contribution is -0.131. The van der Waals surface area contributed by atoms with Gasteiger partial charge in [-0.1, -0.05) is 30.9 Å². The van der Waals surface area contributed by atoms with Crippen molar-refractivity contribution in [3.05, 3.63) is 28.9 Å². The highest BCUT2D eigenvalue weighted by Crippen LogP contribution is 2.21. The van der Waals surface area contributed by atoms with E-state index in [4.69, 9.17) is 16.7 Å². The van der Waals surface area contributed by atoms with Crippen molar-refractivity contribution in [3.63, 3.8) is 0 Å². The summed E-state index contributed by atoms with van der Waals surface area (Å²) >= 11 is 6.08. The first-order chi connectivity index (χ1) is 11.0. The second-order valence-electron chi connectivity index (χ2n) is 5.53. The summed E-state index contributed by atoms with van der Waals surface area (Å²) in [5, 5.41) is 14.8. The predicted molar refractivity (Wildman–Crippen MR) is 89.4 cm³/mol. The molecule has 1 aliphatic carbocycles. The van der Waals surface area contributed by atoms with Gasteiger partial charge in [0.1, 0.15) is 5.82 Å². The quantitative estimate of drug-likeness (QED) is 0.694. The van der Waals surface area contributed by atoms with Gasteiger partial charge in [-0.25, -0.2) is 9.78 Å². The van der Waals surface area contributed by atoms with Crippen LogP contribution in [0.2, 0.25) is 5.02 Å². The lowest BCUT2D eigenvalue weighted by Crippen LogP contribution is -2.39. The van der Waals surface area contributed by atoms with Gasteiger partial charge >= 0.3 is 5.97 Å². The van der Waals surface area contributed by atoms with Crippen molar-refractivity contribution in [2.24, 2.45) is 0 Å². The zero-order valence-electron chi connectivity index (χ0n) is 12.7. The molecule has 3 N–H and O–H groups in total. The number of carboxylic acid groups (broad SMARTS) is 1. The topological polar surface area (TPSA) is 91.3 Å². The number of nitrogens with zero attached hydrogens (tertiary/aromatic N) is 1. The van der Waals surface area contributed by atoms with Gasteiger partial charge in [-0.3, -0.25) is 4.79 Å². The van der Waals surface area contributed by atoms with Crippen LogP contribution in [0.25, 0.3) is 6.08 Å². The fourth-order valence-corrected chi connectivity index (χ4v) is 2.77. The number of rotatable bonds is 6. The van der Waals surface area contributed by atoms with Crippen LogP contribution < -0.4 is 10.6 Å². The summed E-state index contributed by atoms with van der Waals surface area (Å²) in [6, 6.07) is 1.86. The molecular formula is C16H20ClN3O3. The Morgan fingerprint density at radius 2 is 2.09 bits per heavy atom. The molecule has 0 aromatic carbocycles. The number of aromatic nitrogens is 1. The lowest BCUT2D eigenvalue weighted by Gasteiger charge is -2.22. The number of hydrogen-bond acceptors (Lipinski definition) is 4. The van der Waals surface area contributed by atoms with Gasteiger partial charge in [0.2, 0.25) is 5.91 Å². The third-order valence-corrected chi connectivity index (χ3v) is 3.96. The number of hydrogen-bond donors (Lipinski definition) is 3. The number of pyridine rings is 1. The van der Waals surface area contributed by atoms with Gasteiger partial charge in [-0.2, -0.15) is 0 Å². The van der Waals surface area contributed by atoms with E-state index in [0.29, 0.717) is 16.4 Å². The number of halogens is 1. The number of carbonyl (C=O) groups excluding carboxylic acids is 1. The molecule has 0 spiro atoms. The van der Waals surface area contributed by atoms with Crippen LogP contribution in [0.4, 0.5) is 5.82 Å². The van der Waals surface area contributed by atoms with E-state index in [2.05, 4.69) is 15.6 Å². The third kappa shape index (κ3) is 5.90. The van der Waals surface area contributed by atoms with Crippen molar-refractivity contribution < 1.29 is 14.7 Å². The van der Waals surface area contributed by atoms with Gasteiger partial charge in [0.15, 0.2) is 0 Å². The molecule has 1 heterocycles. The summed E-state index contributed by atoms with van der Waals surface area (Å²) in [6.07, 6.45) is 9.55. The summed E-state index contributed by atoms with van der Waals surface area (Å²) in [7, 11) is 0. The van der Waals surface area contributed by atoms with Gasteiger partial charge in [-0.15, -0.1) is 0 Å². The second-order valence-corrected chi connectivity index (χ2v) is 5.93. The Labute approximate surface area is 139 Å². The van der Waals surface area contributed by atoms with Crippen LogP contribution >= 0.6 is 11.6 Å². The first-order valence-electron chi connectivity index (χ1n) is 7.64. The molecule has 0 atom stereocenters. The van der Waals surface area contributed by atoms with Crippen LogP contribution in [0.5, 0.6) is 0 Å². The summed E-state index contributed by atoms with van der Waals surface area (Å²) in [5.41, 5.74) is 0.578. The van der Waals surface area contributed by atoms with E-state index in [-0.39, 0.29) is 18.5 Å². The van der Waals surface area contributed by atoms with E-state index in [1.807, 2.05) is 0 Å². The highest BCUT2D eigenvalue weighted by molar-refractivity contribution is 6.33. The van der Waals surface area contributed by atoms with E-state index >= 15 is 0 Å². The molecule has 1 saturated carbocycles. The van der Waals surface area contributed by atoms with Gasteiger partial charge in [0.25, 0.3) is 0 Å². The van der Waals surface area contributed by atoms with Gasteiger partial charge < -0.3 is 15.7 Å². The Hall–Kier alpha value is -2.08. The monoisotopic (exact) mass is 337 g/mol. The molecule has 1 amide bonds. The Bertz CT molecular complexity index is 598. The maximum atomic E-state index is 11.9. The van der Waals surface area contributed by atoms with E-state index < -0.39 is 5.97 Å². The van der Waals surface area contributed by atoms with E-state index in [0.717, 1.165) is 31.8 Å². The smallest absolute Gasteiger partial charge is 0.328 e. The van der Waals surface area contributed by atoms with Crippen molar-refractivity contribution in [2.75, 3.05) is 11.9 Å². The van der Waals surface area contributed by atoms with Crippen LogP contribution in [0, 0.1) is 0 Å². The molecular weight excluding hydrogens is 318 g/mol. The van der Waals surface area contributed by atoms with Crippen LogP contribution in [0.1, 0.15) is 37.7 Å². The molecule has 0 aliphatic heterocycles. The van der Waals surface area contributed by atoms with Gasteiger partial charge in [0.05, 0.1) is 11.6 Å². The molecule has 1 aliphatic rings. The zero-order chi connectivity index (χ0) is 16.7. The summed E-state index contributed by atoms with van der Waals surface area (Å²) in [5.74, 6) is -0.717. The molecule has 2 rings (SSSR count). The largest absolute Gasteiger partial charge is 0.478 e. The summed E-state index contributed by atoms with van der Waals surface area (Å²) in [4.78, 5) is 26.5. The molecule has 0 saturated heterocycles. The van der Waals surface area contributed by atoms with Crippen LogP contribution in [0.3, 0.4) is 0 Å². The predicted octanol–water partition coefficient (Wildman–Crippen LogP) is 2.69. The summed E-state index contributed by atoms with van der Waals surface area (Å²) in [6.45, 7) is 0.105. The fraction of sp³-hybridized carbons (Fsp3) is 0.438. The molecule has 7 heteroatoms. The Morgan fingerprint density at radius 3 is 2.74 bits per heavy atom. The van der Waals surface area contributed by atoms with Crippen molar-refractivity contribution in [2.45, 2.75) is 38.1 Å². The van der Waals surface area contributed by atoms with Crippen LogP contribution in [0.15, 0.2) is 18.3 Å². The van der Waals surface area contributed by atoms with E-state index in [9.17, 15) is 9.59 Å². The van der Waals surface area contributed by atoms with E-state index in [1.165, 1.54) is 18.7 Å². The standard InChI is InChI=1S/C16H20ClN3O3/c17-13-8-11(6-7-15(22)23)9-18-16(13)19-10-14(21)20-12-4-2-1-3-5-12/h6-9,12H,1-5,10H2,(H,18,19)(H,20,21)(H,22,23). The number of aliphatic carboxylic acids is 1. The SMILES string of the molecule is O=C(O)C=Cc1cnc(NCC(=O)NC2CCCCC2)c(Cl)c1. The Balaban J connectivity index is 1.85. The molecule has 6 nitrogen and oxygen atoms in total. The first kappa shape index (κ1) is 17.3. The van der Waals surface area contributed by atoms with Crippen molar-refractivity contribution in [1.82, 2.24) is 10.3 Å². The van der Waals surface area contributed by atoms with Crippen molar-refractivity contribution in [3.8, 4) is 0 Å². The maximum absolute atomic E-state index is 11.9. The number of amides is 1. The minimum absolute atomic E-state index is 0.0791. The average Bonchev–Trinajstić information content (AvgIpc) is 2.53. The lowest BCUT2D eigenvalue weighted by atomic mass is 9.95. The fourth-order valence-electron chi connectivity index (χ4n) is 2.53. The molecule has 0 radical (unpaired) electrons. The first-order valence-corrected chi connectivity index (χ1v) is 8.02. The molecule has 1 aromatic heterocycles. The number of carbonyl (C=O) groups is 2. The van der Waals surface area contributed by atoms with Crippen LogP contribution in [-0.4, -0.2) is 34.6 Å². The van der Waals surface area contributed by atoms with Gasteiger partial charge in [-0.05, 0) is 30.5 Å². The number of nitrogens with one attached hydrogen (secondary N) is 2. The minimum Gasteiger partial charge on any atom is -0.478 e. The highest BCUT2D eigenvalue weighted by atomic mass is 35.5. The average molecular weight is 338 g/mol. The number of anilines is 1.